The number of nitrogens with one attached hydrogen (secondary N) is 2. The van der Waals surface area contributed by atoms with E-state index in [9.17, 15) is 4.79 Å². The first-order valence-electron chi connectivity index (χ1n) is 6.02. The lowest BCUT2D eigenvalue weighted by molar-refractivity contribution is -0.121. The van der Waals surface area contributed by atoms with Crippen molar-refractivity contribution in [3.8, 4) is 0 Å². The maximum absolute atomic E-state index is 11.4. The van der Waals surface area contributed by atoms with Crippen LogP contribution in [0.25, 0.3) is 0 Å². The lowest BCUT2D eigenvalue weighted by atomic mass is 10.1. The Kier molecular flexibility index (Phi) is 5.63. The standard InChI is InChI=1S/C13H21N3O/c1-10(2)16-13(17)6-8-15-11(3)12-5-4-7-14-9-12/h4-5,7,9-11,15H,6,8H2,1-3H3,(H,16,17). The number of pyridine rings is 1. The molecule has 1 unspecified atom stereocenters. The Balaban J connectivity index is 2.25. The summed E-state index contributed by atoms with van der Waals surface area (Å²) in [6.45, 7) is 6.67. The summed E-state index contributed by atoms with van der Waals surface area (Å²) in [6.07, 6.45) is 4.10. The smallest absolute Gasteiger partial charge is 0.221 e. The average Bonchev–Trinajstić information content (AvgIpc) is 2.29. The Morgan fingerprint density at radius 1 is 1.41 bits per heavy atom. The van der Waals surface area contributed by atoms with E-state index in [2.05, 4.69) is 22.5 Å². The van der Waals surface area contributed by atoms with Crippen molar-refractivity contribution >= 4 is 5.91 Å². The Morgan fingerprint density at radius 3 is 2.76 bits per heavy atom. The molecule has 1 amide bonds. The minimum atomic E-state index is 0.0888. The quantitative estimate of drug-likeness (QED) is 0.788. The normalized spacial score (nSPS) is 12.5. The van der Waals surface area contributed by atoms with Gasteiger partial charge in [0, 0.05) is 37.4 Å². The van der Waals surface area contributed by atoms with Crippen molar-refractivity contribution < 1.29 is 4.79 Å². The zero-order valence-electron chi connectivity index (χ0n) is 10.7. The minimum Gasteiger partial charge on any atom is -0.354 e. The van der Waals surface area contributed by atoms with Gasteiger partial charge in [-0.3, -0.25) is 9.78 Å². The molecule has 1 aromatic heterocycles. The van der Waals surface area contributed by atoms with Crippen molar-refractivity contribution in [2.24, 2.45) is 0 Å². The fourth-order valence-corrected chi connectivity index (χ4v) is 1.55. The highest BCUT2D eigenvalue weighted by atomic mass is 16.1. The highest BCUT2D eigenvalue weighted by Crippen LogP contribution is 2.09. The number of hydrogen-bond donors (Lipinski definition) is 2. The average molecular weight is 235 g/mol. The molecule has 0 radical (unpaired) electrons. The van der Waals surface area contributed by atoms with Gasteiger partial charge in [-0.25, -0.2) is 0 Å². The lowest BCUT2D eigenvalue weighted by Crippen LogP contribution is -2.33. The zero-order valence-corrected chi connectivity index (χ0v) is 10.7. The molecule has 0 bridgehead atoms. The third kappa shape index (κ3) is 5.45. The van der Waals surface area contributed by atoms with Crippen LogP contribution in [-0.4, -0.2) is 23.5 Å². The minimum absolute atomic E-state index is 0.0888. The largest absolute Gasteiger partial charge is 0.354 e. The first-order valence-corrected chi connectivity index (χ1v) is 6.02. The molecule has 94 valence electrons. The van der Waals surface area contributed by atoms with Crippen molar-refractivity contribution in [2.75, 3.05) is 6.54 Å². The molecule has 1 aromatic rings. The van der Waals surface area contributed by atoms with Crippen molar-refractivity contribution in [3.05, 3.63) is 30.1 Å². The number of carbonyl (C=O) groups excluding carboxylic acids is 1. The maximum Gasteiger partial charge on any atom is 0.221 e. The molecule has 1 rings (SSSR count). The highest BCUT2D eigenvalue weighted by molar-refractivity contribution is 5.76. The van der Waals surface area contributed by atoms with Crippen LogP contribution in [0.1, 0.15) is 38.8 Å². The molecule has 1 heterocycles. The number of amides is 1. The molecule has 0 aromatic carbocycles. The SMILES string of the molecule is CC(C)NC(=O)CCNC(C)c1cccnc1. The van der Waals surface area contributed by atoms with E-state index in [4.69, 9.17) is 0 Å². The molecule has 4 nitrogen and oxygen atoms in total. The van der Waals surface area contributed by atoms with Gasteiger partial charge in [-0.05, 0) is 32.4 Å². The molecule has 0 saturated carbocycles. The second kappa shape index (κ2) is 7.01. The first kappa shape index (κ1) is 13.6. The molecule has 0 saturated heterocycles. The van der Waals surface area contributed by atoms with Crippen LogP contribution >= 0.6 is 0 Å². The Morgan fingerprint density at radius 2 is 2.18 bits per heavy atom. The topological polar surface area (TPSA) is 54.0 Å². The summed E-state index contributed by atoms with van der Waals surface area (Å²) < 4.78 is 0. The molecule has 1 atom stereocenters. The third-order valence-electron chi connectivity index (χ3n) is 2.44. The zero-order chi connectivity index (χ0) is 12.7. The van der Waals surface area contributed by atoms with E-state index in [0.29, 0.717) is 13.0 Å². The maximum atomic E-state index is 11.4. The van der Waals surface area contributed by atoms with Gasteiger partial charge in [-0.1, -0.05) is 6.07 Å². The number of nitrogens with zero attached hydrogens (tertiary/aromatic N) is 1. The fourth-order valence-electron chi connectivity index (χ4n) is 1.55. The van der Waals surface area contributed by atoms with E-state index in [1.165, 1.54) is 0 Å². The third-order valence-corrected chi connectivity index (χ3v) is 2.44. The Labute approximate surface area is 103 Å². The van der Waals surface area contributed by atoms with Gasteiger partial charge < -0.3 is 10.6 Å². The molecule has 0 aliphatic carbocycles. The van der Waals surface area contributed by atoms with Crippen LogP contribution in [0.15, 0.2) is 24.5 Å². The fraction of sp³-hybridized carbons (Fsp3) is 0.538. The van der Waals surface area contributed by atoms with Gasteiger partial charge in [0.2, 0.25) is 5.91 Å². The van der Waals surface area contributed by atoms with Crippen LogP contribution in [-0.2, 0) is 4.79 Å². The number of aromatic nitrogens is 1. The molecular formula is C13H21N3O. The summed E-state index contributed by atoms with van der Waals surface area (Å²) in [5, 5.41) is 6.17. The molecule has 2 N–H and O–H groups in total. The van der Waals surface area contributed by atoms with Crippen LogP contribution < -0.4 is 10.6 Å². The van der Waals surface area contributed by atoms with Gasteiger partial charge >= 0.3 is 0 Å². The van der Waals surface area contributed by atoms with E-state index in [1.807, 2.05) is 32.2 Å². The van der Waals surface area contributed by atoms with Crippen LogP contribution in [0.2, 0.25) is 0 Å². The summed E-state index contributed by atoms with van der Waals surface area (Å²) in [4.78, 5) is 15.5. The summed E-state index contributed by atoms with van der Waals surface area (Å²) in [7, 11) is 0. The van der Waals surface area contributed by atoms with Gasteiger partial charge in [-0.2, -0.15) is 0 Å². The van der Waals surface area contributed by atoms with Crippen molar-refractivity contribution in [1.82, 2.24) is 15.6 Å². The predicted octanol–water partition coefficient (Wildman–Crippen LogP) is 1.65. The van der Waals surface area contributed by atoms with E-state index in [0.717, 1.165) is 5.56 Å². The molecule has 0 spiro atoms. The lowest BCUT2D eigenvalue weighted by Gasteiger charge is -2.14. The van der Waals surface area contributed by atoms with Gasteiger partial charge in [0.25, 0.3) is 0 Å². The molecule has 0 aliphatic heterocycles. The number of hydrogen-bond acceptors (Lipinski definition) is 3. The Hall–Kier alpha value is -1.42. The van der Waals surface area contributed by atoms with Gasteiger partial charge in [0.1, 0.15) is 0 Å². The van der Waals surface area contributed by atoms with Crippen LogP contribution in [0, 0.1) is 0 Å². The molecule has 4 heteroatoms. The van der Waals surface area contributed by atoms with Crippen molar-refractivity contribution in [1.29, 1.82) is 0 Å². The van der Waals surface area contributed by atoms with Gasteiger partial charge in [0.15, 0.2) is 0 Å². The van der Waals surface area contributed by atoms with E-state index in [1.54, 1.807) is 6.20 Å². The van der Waals surface area contributed by atoms with Crippen molar-refractivity contribution in [3.63, 3.8) is 0 Å². The van der Waals surface area contributed by atoms with E-state index >= 15 is 0 Å². The molecule has 0 fully saturated rings. The Bertz CT molecular complexity index is 338. The first-order chi connectivity index (χ1) is 8.09. The van der Waals surface area contributed by atoms with Gasteiger partial charge in [0.05, 0.1) is 0 Å². The second-order valence-electron chi connectivity index (χ2n) is 4.43. The highest BCUT2D eigenvalue weighted by Gasteiger charge is 2.06. The number of carbonyl (C=O) groups is 1. The van der Waals surface area contributed by atoms with Crippen LogP contribution in [0.3, 0.4) is 0 Å². The second-order valence-corrected chi connectivity index (χ2v) is 4.43. The van der Waals surface area contributed by atoms with Crippen LogP contribution in [0.5, 0.6) is 0 Å². The molecule has 17 heavy (non-hydrogen) atoms. The molecular weight excluding hydrogens is 214 g/mol. The van der Waals surface area contributed by atoms with E-state index in [-0.39, 0.29) is 18.0 Å². The summed E-state index contributed by atoms with van der Waals surface area (Å²) >= 11 is 0. The summed E-state index contributed by atoms with van der Waals surface area (Å²) in [6, 6.07) is 4.37. The number of rotatable bonds is 6. The van der Waals surface area contributed by atoms with Crippen LogP contribution in [0.4, 0.5) is 0 Å². The van der Waals surface area contributed by atoms with Crippen molar-refractivity contribution in [2.45, 2.75) is 39.3 Å². The summed E-state index contributed by atoms with van der Waals surface area (Å²) in [5.41, 5.74) is 1.14. The predicted molar refractivity (Wildman–Crippen MR) is 68.6 cm³/mol. The molecule has 0 aliphatic rings. The van der Waals surface area contributed by atoms with E-state index < -0.39 is 0 Å². The summed E-state index contributed by atoms with van der Waals surface area (Å²) in [5.74, 6) is 0.0888. The van der Waals surface area contributed by atoms with Gasteiger partial charge in [-0.15, -0.1) is 0 Å². The monoisotopic (exact) mass is 235 g/mol.